The molecule has 0 aliphatic carbocycles. The monoisotopic (exact) mass is 544 g/mol. The van der Waals surface area contributed by atoms with Crippen LogP contribution in [0, 0.1) is 0 Å². The number of hydrogen-bond acceptors (Lipinski definition) is 4. The number of hydrogen-bond donors (Lipinski definition) is 2. The summed E-state index contributed by atoms with van der Waals surface area (Å²) in [5.41, 5.74) is 2.53. The summed E-state index contributed by atoms with van der Waals surface area (Å²) in [6, 6.07) is 20.6. The molecule has 0 radical (unpaired) electrons. The number of nitrogens with one attached hydrogen (secondary N) is 2. The van der Waals surface area contributed by atoms with E-state index in [1.807, 2.05) is 36.4 Å². The van der Waals surface area contributed by atoms with Gasteiger partial charge >= 0.3 is 190 Å². The Hall–Kier alpha value is -1.98. The molecule has 30 heavy (non-hydrogen) atoms. The van der Waals surface area contributed by atoms with Gasteiger partial charge in [0, 0.05) is 0 Å². The van der Waals surface area contributed by atoms with Crippen LogP contribution in [0.3, 0.4) is 0 Å². The van der Waals surface area contributed by atoms with Crippen molar-refractivity contribution in [2.24, 2.45) is 0 Å². The van der Waals surface area contributed by atoms with Gasteiger partial charge in [0.05, 0.1) is 0 Å². The molecule has 2 N–H and O–H groups in total. The molecular formula is C22H28N2O4Se2. The number of ether oxygens (including phenoxy) is 2. The first-order valence-electron chi connectivity index (χ1n) is 9.64. The molecular weight excluding hydrogens is 514 g/mol. The molecule has 0 aromatic heterocycles. The number of carbonyl (C=O) groups is 2. The molecule has 162 valence electrons. The number of alkyl carbamates (subject to hydrolysis) is 2. The van der Waals surface area contributed by atoms with Gasteiger partial charge in [-0.1, -0.05) is 0 Å². The molecule has 0 bridgehead atoms. The van der Waals surface area contributed by atoms with E-state index in [0.29, 0.717) is 49.0 Å². The average Bonchev–Trinajstić information content (AvgIpc) is 2.79. The number of amides is 2. The molecule has 0 spiro atoms. The minimum absolute atomic E-state index is 0.321. The quantitative estimate of drug-likeness (QED) is 0.428. The van der Waals surface area contributed by atoms with Gasteiger partial charge in [-0.05, 0) is 0 Å². The normalized spacial score (nSPS) is 12.5. The van der Waals surface area contributed by atoms with Crippen LogP contribution in [0.2, 0.25) is 9.63 Å². The van der Waals surface area contributed by atoms with Gasteiger partial charge in [-0.15, -0.1) is 0 Å². The number of rotatable bonds is 11. The van der Waals surface area contributed by atoms with Crippen LogP contribution in [0.4, 0.5) is 9.59 Å². The van der Waals surface area contributed by atoms with Crippen LogP contribution in [0.5, 0.6) is 0 Å². The van der Waals surface area contributed by atoms with Crippen molar-refractivity contribution in [1.29, 1.82) is 0 Å². The van der Waals surface area contributed by atoms with E-state index in [4.69, 9.17) is 9.47 Å². The van der Waals surface area contributed by atoms with Crippen molar-refractivity contribution in [3.63, 3.8) is 0 Å². The number of carbonyl (C=O) groups excluding carboxylic acids is 2. The van der Waals surface area contributed by atoms with Crippen molar-refractivity contribution in [1.82, 2.24) is 10.6 Å². The van der Waals surface area contributed by atoms with Gasteiger partial charge in [-0.25, -0.2) is 0 Å². The van der Waals surface area contributed by atoms with E-state index in [9.17, 15) is 9.59 Å². The Kier molecular flexibility index (Phi) is 11.4. The average molecular weight is 542 g/mol. The van der Waals surface area contributed by atoms with Gasteiger partial charge in [0.2, 0.25) is 0 Å². The molecule has 2 amide bonds. The third-order valence-electron chi connectivity index (χ3n) is 4.26. The van der Waals surface area contributed by atoms with E-state index in [2.05, 4.69) is 34.9 Å². The fourth-order valence-electron chi connectivity index (χ4n) is 2.73. The topological polar surface area (TPSA) is 76.7 Å². The zero-order valence-electron chi connectivity index (χ0n) is 17.2. The summed E-state index contributed by atoms with van der Waals surface area (Å²) < 4.78 is 9.47. The SMILES string of the molecule is COC(=O)NC[C@@H](Cc1ccccc1)[Se][Se][C@@H](CNC(=O)OC)Cc1ccccc1. The summed E-state index contributed by atoms with van der Waals surface area (Å²) >= 11 is 0.641. The van der Waals surface area contributed by atoms with Crippen LogP contribution >= 0.6 is 0 Å². The molecule has 6 nitrogen and oxygen atoms in total. The molecule has 0 aliphatic rings. The van der Waals surface area contributed by atoms with Crippen LogP contribution in [-0.2, 0) is 22.3 Å². The Balaban J connectivity index is 2.00. The fourth-order valence-corrected chi connectivity index (χ4v) is 11.5. The summed E-state index contributed by atoms with van der Waals surface area (Å²) in [6.45, 7) is 1.18. The van der Waals surface area contributed by atoms with E-state index >= 15 is 0 Å². The zero-order chi connectivity index (χ0) is 21.6. The second kappa shape index (κ2) is 14.1. The zero-order valence-corrected chi connectivity index (χ0v) is 20.6. The molecule has 0 fully saturated rings. The minimum atomic E-state index is -0.399. The van der Waals surface area contributed by atoms with Crippen LogP contribution in [0.25, 0.3) is 0 Å². The summed E-state index contributed by atoms with van der Waals surface area (Å²) in [6.07, 6.45) is 1.03. The van der Waals surface area contributed by atoms with E-state index < -0.39 is 12.2 Å². The summed E-state index contributed by atoms with van der Waals surface area (Å²) in [5.74, 6) is 0. The molecule has 0 unspecified atom stereocenters. The number of benzene rings is 2. The molecule has 2 aromatic carbocycles. The van der Waals surface area contributed by atoms with Crippen LogP contribution in [0.1, 0.15) is 11.1 Å². The second-order valence-corrected chi connectivity index (χ2v) is 14.4. The van der Waals surface area contributed by atoms with Crippen molar-refractivity contribution < 1.29 is 19.1 Å². The third kappa shape index (κ3) is 9.68. The van der Waals surface area contributed by atoms with E-state index in [-0.39, 0.29) is 0 Å². The van der Waals surface area contributed by atoms with Gasteiger partial charge in [0.1, 0.15) is 0 Å². The molecule has 0 heterocycles. The molecule has 2 atom stereocenters. The third-order valence-corrected chi connectivity index (χ3v) is 14.2. The maximum atomic E-state index is 11.6. The maximum absolute atomic E-state index is 11.6. The first-order valence-corrected chi connectivity index (χ1v) is 16.0. The Morgan fingerprint density at radius 2 is 1.10 bits per heavy atom. The second-order valence-electron chi connectivity index (χ2n) is 6.56. The van der Waals surface area contributed by atoms with Crippen LogP contribution in [0.15, 0.2) is 60.7 Å². The van der Waals surface area contributed by atoms with Crippen molar-refractivity contribution in [2.45, 2.75) is 22.5 Å². The standard InChI is InChI=1S/C22H28N2O4Se2/c1-27-21(25)23-15-19(13-17-9-5-3-6-10-17)29-30-20(16-24-22(26)28-2)14-18-11-7-4-8-12-18/h3-12,19-20H,13-16H2,1-2H3,(H,23,25)(H,24,26)/t19-,20-/m1/s1. The van der Waals surface area contributed by atoms with Gasteiger partial charge in [0.15, 0.2) is 0 Å². The van der Waals surface area contributed by atoms with Crippen LogP contribution < -0.4 is 10.6 Å². The molecule has 0 saturated carbocycles. The van der Waals surface area contributed by atoms with Crippen molar-refractivity contribution in [3.8, 4) is 0 Å². The van der Waals surface area contributed by atoms with Crippen molar-refractivity contribution in [3.05, 3.63) is 71.8 Å². The summed E-state index contributed by atoms with van der Waals surface area (Å²) in [7, 11) is 2.76. The molecule has 2 rings (SSSR count). The van der Waals surface area contributed by atoms with Gasteiger partial charge < -0.3 is 0 Å². The summed E-state index contributed by atoms with van der Waals surface area (Å²) in [5, 5.41) is 5.72. The first kappa shape index (κ1) is 24.3. The Bertz CT molecular complexity index is 697. The van der Waals surface area contributed by atoms with E-state index in [1.54, 1.807) is 0 Å². The molecule has 0 aliphatic heterocycles. The molecule has 8 heteroatoms. The predicted octanol–water partition coefficient (Wildman–Crippen LogP) is 3.08. The van der Waals surface area contributed by atoms with Crippen molar-refractivity contribution >= 4 is 38.4 Å². The first-order chi connectivity index (χ1) is 14.6. The summed E-state index contributed by atoms with van der Waals surface area (Å²) in [4.78, 5) is 23.9. The van der Waals surface area contributed by atoms with Crippen LogP contribution in [-0.4, -0.2) is 65.8 Å². The van der Waals surface area contributed by atoms with Gasteiger partial charge in [-0.2, -0.15) is 0 Å². The fraction of sp³-hybridized carbons (Fsp3) is 0.364. The van der Waals surface area contributed by atoms with Gasteiger partial charge in [0.25, 0.3) is 0 Å². The predicted molar refractivity (Wildman–Crippen MR) is 120 cm³/mol. The number of methoxy groups -OCH3 is 2. The molecule has 0 saturated heterocycles. The van der Waals surface area contributed by atoms with E-state index in [0.717, 1.165) is 12.8 Å². The van der Waals surface area contributed by atoms with Gasteiger partial charge in [-0.3, -0.25) is 0 Å². The Morgan fingerprint density at radius 1 is 0.733 bits per heavy atom. The Labute approximate surface area is 189 Å². The molecule has 2 aromatic rings. The van der Waals surface area contributed by atoms with Crippen molar-refractivity contribution in [2.75, 3.05) is 27.3 Å². The Morgan fingerprint density at radius 3 is 1.43 bits per heavy atom. The van der Waals surface area contributed by atoms with E-state index in [1.165, 1.54) is 25.3 Å².